The van der Waals surface area contributed by atoms with E-state index in [1.54, 1.807) is 48.5 Å². The first-order valence-corrected chi connectivity index (χ1v) is 10.5. The number of halogens is 3. The molecule has 1 N–H and O–H groups in total. The highest BCUT2D eigenvalue weighted by Crippen LogP contribution is 2.30. The van der Waals surface area contributed by atoms with Crippen LogP contribution in [0, 0.1) is 0 Å². The third-order valence-corrected chi connectivity index (χ3v) is 6.25. The lowest BCUT2D eigenvalue weighted by Crippen LogP contribution is -2.55. The molecule has 2 fully saturated rings. The van der Waals surface area contributed by atoms with Gasteiger partial charge >= 0.3 is 6.03 Å². The summed E-state index contributed by atoms with van der Waals surface area (Å²) < 4.78 is 0. The minimum absolute atomic E-state index is 0. The van der Waals surface area contributed by atoms with E-state index in [4.69, 9.17) is 23.2 Å². The smallest absolute Gasteiger partial charge is 0.323 e. The summed E-state index contributed by atoms with van der Waals surface area (Å²) in [5, 5.41) is 4.09. The van der Waals surface area contributed by atoms with Gasteiger partial charge in [0.1, 0.15) is 5.54 Å². The molecule has 0 radical (unpaired) electrons. The number of hydrogen-bond acceptors (Lipinski definition) is 4. The van der Waals surface area contributed by atoms with Crippen molar-refractivity contribution >= 4 is 53.3 Å². The number of hydrogen-bond donors (Lipinski definition) is 1. The number of nitrogens with zero attached hydrogens (tertiary/aromatic N) is 2. The van der Waals surface area contributed by atoms with E-state index in [0.29, 0.717) is 41.5 Å². The number of benzene rings is 2. The van der Waals surface area contributed by atoms with E-state index in [0.717, 1.165) is 5.56 Å². The fraction of sp³-hybridized carbons (Fsp3) is 0.318. The summed E-state index contributed by atoms with van der Waals surface area (Å²) in [7, 11) is 0. The number of Topliss-reactive ketones (excluding diaryl/α,β-unsaturated/α-hetero) is 1. The maximum atomic E-state index is 13.1. The maximum absolute atomic E-state index is 13.1. The number of amides is 3. The molecule has 2 aromatic carbocycles. The Morgan fingerprint density at radius 2 is 1.48 bits per heavy atom. The van der Waals surface area contributed by atoms with E-state index < -0.39 is 5.54 Å². The van der Waals surface area contributed by atoms with E-state index in [2.05, 4.69) is 5.32 Å². The fourth-order valence-corrected chi connectivity index (χ4v) is 4.21. The monoisotopic (exact) mass is 481 g/mol. The summed E-state index contributed by atoms with van der Waals surface area (Å²) >= 11 is 11.8. The second-order valence-electron chi connectivity index (χ2n) is 7.74. The summed E-state index contributed by atoms with van der Waals surface area (Å²) in [5.41, 5.74) is 0.564. The molecule has 2 aromatic rings. The van der Waals surface area contributed by atoms with E-state index in [1.165, 1.54) is 4.90 Å². The molecule has 164 valence electrons. The molecule has 3 amide bonds. The van der Waals surface area contributed by atoms with Crippen molar-refractivity contribution in [3.63, 3.8) is 0 Å². The number of piperidine rings is 1. The highest BCUT2D eigenvalue weighted by atomic mass is 35.5. The van der Waals surface area contributed by atoms with Gasteiger partial charge < -0.3 is 5.32 Å². The lowest BCUT2D eigenvalue weighted by atomic mass is 9.87. The molecule has 0 aromatic heterocycles. The van der Waals surface area contributed by atoms with Crippen molar-refractivity contribution in [3.05, 3.63) is 69.7 Å². The highest BCUT2D eigenvalue weighted by molar-refractivity contribution is 6.30. The highest BCUT2D eigenvalue weighted by Gasteiger charge is 2.52. The summed E-state index contributed by atoms with van der Waals surface area (Å²) in [6.45, 7) is 1.59. The number of urea groups is 1. The SMILES string of the molecule is Cl.O=C(CN1CCC2(CC1)NC(=O)N(Cc1ccc(Cl)cc1)C2=O)c1ccc(Cl)cc1. The Hall–Kier alpha value is -2.12. The predicted molar refractivity (Wildman–Crippen MR) is 122 cm³/mol. The summed E-state index contributed by atoms with van der Waals surface area (Å²) in [6.07, 6.45) is 0.950. The van der Waals surface area contributed by atoms with Crippen LogP contribution >= 0.6 is 35.6 Å². The largest absolute Gasteiger partial charge is 0.325 e. The molecule has 2 aliphatic heterocycles. The van der Waals surface area contributed by atoms with Crippen LogP contribution in [0.15, 0.2) is 48.5 Å². The van der Waals surface area contributed by atoms with Crippen LogP contribution in [0.3, 0.4) is 0 Å². The lowest BCUT2D eigenvalue weighted by molar-refractivity contribution is -0.133. The summed E-state index contributed by atoms with van der Waals surface area (Å²) in [4.78, 5) is 41.3. The van der Waals surface area contributed by atoms with E-state index in [1.807, 2.05) is 4.90 Å². The van der Waals surface area contributed by atoms with Crippen LogP contribution in [-0.4, -0.2) is 52.7 Å². The number of nitrogens with one attached hydrogen (secondary N) is 1. The Kier molecular flexibility index (Phi) is 7.27. The van der Waals surface area contributed by atoms with Gasteiger partial charge in [-0.15, -0.1) is 12.4 Å². The molecule has 2 heterocycles. The zero-order valence-corrected chi connectivity index (χ0v) is 19.0. The normalized spacial score (nSPS) is 18.1. The van der Waals surface area contributed by atoms with Crippen LogP contribution in [-0.2, 0) is 11.3 Å². The number of imide groups is 1. The molecule has 31 heavy (non-hydrogen) atoms. The molecule has 2 saturated heterocycles. The molecular formula is C22H22Cl3N3O3. The Bertz CT molecular complexity index is 972. The molecule has 0 aliphatic carbocycles. The fourth-order valence-electron chi connectivity index (χ4n) is 3.95. The minimum atomic E-state index is -0.886. The number of likely N-dealkylation sites (tertiary alicyclic amines) is 1. The maximum Gasteiger partial charge on any atom is 0.325 e. The van der Waals surface area contributed by atoms with Gasteiger partial charge in [-0.3, -0.25) is 19.4 Å². The average molecular weight is 483 g/mol. The zero-order valence-electron chi connectivity index (χ0n) is 16.6. The molecule has 1 spiro atoms. The molecule has 9 heteroatoms. The van der Waals surface area contributed by atoms with Crippen molar-refractivity contribution < 1.29 is 14.4 Å². The number of carbonyl (C=O) groups is 3. The van der Waals surface area contributed by atoms with Gasteiger partial charge in [0.05, 0.1) is 13.1 Å². The molecule has 2 aliphatic rings. The van der Waals surface area contributed by atoms with Crippen LogP contribution in [0.2, 0.25) is 10.0 Å². The molecule has 4 rings (SSSR count). The van der Waals surface area contributed by atoms with Gasteiger partial charge in [0.25, 0.3) is 5.91 Å². The van der Waals surface area contributed by atoms with Crippen LogP contribution in [0.4, 0.5) is 4.79 Å². The molecule has 0 bridgehead atoms. The quantitative estimate of drug-likeness (QED) is 0.513. The van der Waals surface area contributed by atoms with E-state index >= 15 is 0 Å². The molecule has 0 atom stereocenters. The number of ketones is 1. The lowest BCUT2D eigenvalue weighted by Gasteiger charge is -2.37. The van der Waals surface area contributed by atoms with Gasteiger partial charge in [-0.2, -0.15) is 0 Å². The van der Waals surface area contributed by atoms with Gasteiger partial charge in [0, 0.05) is 28.7 Å². The number of carbonyl (C=O) groups excluding carboxylic acids is 3. The van der Waals surface area contributed by atoms with Gasteiger partial charge in [-0.05, 0) is 54.8 Å². The first kappa shape index (κ1) is 23.5. The second-order valence-corrected chi connectivity index (χ2v) is 8.61. The van der Waals surface area contributed by atoms with Crippen LogP contribution in [0.25, 0.3) is 0 Å². The third-order valence-electron chi connectivity index (χ3n) is 5.74. The second kappa shape index (κ2) is 9.57. The van der Waals surface area contributed by atoms with Gasteiger partial charge in [0.2, 0.25) is 0 Å². The van der Waals surface area contributed by atoms with Gasteiger partial charge in [0.15, 0.2) is 5.78 Å². The third kappa shape index (κ3) is 5.04. The summed E-state index contributed by atoms with van der Waals surface area (Å²) in [6, 6.07) is 13.5. The van der Waals surface area contributed by atoms with Crippen LogP contribution < -0.4 is 5.32 Å². The molecule has 6 nitrogen and oxygen atoms in total. The molecule has 0 unspecified atom stereocenters. The van der Waals surface area contributed by atoms with E-state index in [-0.39, 0.29) is 43.2 Å². The molecular weight excluding hydrogens is 461 g/mol. The first-order chi connectivity index (χ1) is 14.4. The summed E-state index contributed by atoms with van der Waals surface area (Å²) in [5.74, 6) is -0.195. The van der Waals surface area contributed by atoms with Crippen LogP contribution in [0.5, 0.6) is 0 Å². The van der Waals surface area contributed by atoms with Crippen molar-refractivity contribution in [2.75, 3.05) is 19.6 Å². The Labute approximate surface area is 196 Å². The Balaban J connectivity index is 0.00000272. The minimum Gasteiger partial charge on any atom is -0.323 e. The average Bonchev–Trinajstić information content (AvgIpc) is 2.96. The predicted octanol–water partition coefficient (Wildman–Crippen LogP) is 4.18. The van der Waals surface area contributed by atoms with Crippen molar-refractivity contribution in [1.82, 2.24) is 15.1 Å². The van der Waals surface area contributed by atoms with Gasteiger partial charge in [-0.1, -0.05) is 35.3 Å². The number of rotatable bonds is 5. The standard InChI is InChI=1S/C22H21Cl2N3O3.ClH/c23-17-5-1-15(2-6-17)13-27-20(29)22(25-21(27)30)9-11-26(12-10-22)14-19(28)16-3-7-18(24)8-4-16;/h1-8H,9-14H2,(H,25,30);1H. The van der Waals surface area contributed by atoms with Crippen molar-refractivity contribution in [2.24, 2.45) is 0 Å². The van der Waals surface area contributed by atoms with Crippen LogP contribution in [0.1, 0.15) is 28.8 Å². The van der Waals surface area contributed by atoms with Crippen molar-refractivity contribution in [2.45, 2.75) is 24.9 Å². The van der Waals surface area contributed by atoms with Crippen molar-refractivity contribution in [3.8, 4) is 0 Å². The Morgan fingerprint density at radius 1 is 0.935 bits per heavy atom. The topological polar surface area (TPSA) is 69.7 Å². The molecule has 0 saturated carbocycles. The van der Waals surface area contributed by atoms with Crippen molar-refractivity contribution in [1.29, 1.82) is 0 Å². The zero-order chi connectivity index (χ0) is 21.3. The van der Waals surface area contributed by atoms with E-state index in [9.17, 15) is 14.4 Å². The Morgan fingerprint density at radius 3 is 2.06 bits per heavy atom. The van der Waals surface area contributed by atoms with Gasteiger partial charge in [-0.25, -0.2) is 4.79 Å². The first-order valence-electron chi connectivity index (χ1n) is 9.76.